The van der Waals surface area contributed by atoms with Crippen LogP contribution < -0.4 is 23.8 Å². The number of amides is 1. The Morgan fingerprint density at radius 2 is 1.93 bits per heavy atom. The van der Waals surface area contributed by atoms with Crippen LogP contribution in [0.2, 0.25) is 0 Å². The van der Waals surface area contributed by atoms with Crippen LogP contribution >= 0.6 is 0 Å². The maximum atomic E-state index is 12.3. The Morgan fingerprint density at radius 3 is 2.67 bits per heavy atom. The molecule has 0 aliphatic carbocycles. The third kappa shape index (κ3) is 5.79. The van der Waals surface area contributed by atoms with Gasteiger partial charge in [-0.15, -0.1) is 0 Å². The zero-order valence-electron chi connectivity index (χ0n) is 17.3. The number of ether oxygens (including phenoxy) is 3. The number of hydrogen-bond donors (Lipinski definition) is 1. The second-order valence-electron chi connectivity index (χ2n) is 7.22. The average Bonchev–Trinajstić information content (AvgIpc) is 3.11. The zero-order valence-corrected chi connectivity index (χ0v) is 18.1. The molecule has 0 saturated carbocycles. The lowest BCUT2D eigenvalue weighted by Crippen LogP contribution is -2.31. The molecular formula is C21H26N2O6S. The SMILES string of the molecule is CC(C)Oc1cccc(NC(=O)CCCN(c2ccc3c(c2)OCO3)S(C)(=O)=O)c1. The number of rotatable bonds is 9. The predicted molar refractivity (Wildman–Crippen MR) is 115 cm³/mol. The Bertz CT molecular complexity index is 1010. The maximum Gasteiger partial charge on any atom is 0.232 e. The number of nitrogens with zero attached hydrogens (tertiary/aromatic N) is 1. The average molecular weight is 435 g/mol. The quantitative estimate of drug-likeness (QED) is 0.650. The van der Waals surface area contributed by atoms with Crippen molar-refractivity contribution in [1.82, 2.24) is 0 Å². The van der Waals surface area contributed by atoms with Crippen LogP contribution in [0, 0.1) is 0 Å². The first-order valence-corrected chi connectivity index (χ1v) is 11.5. The van der Waals surface area contributed by atoms with Crippen molar-refractivity contribution < 1.29 is 27.4 Å². The van der Waals surface area contributed by atoms with E-state index in [1.165, 1.54) is 4.31 Å². The minimum absolute atomic E-state index is 0.0362. The van der Waals surface area contributed by atoms with Gasteiger partial charge in [-0.3, -0.25) is 9.10 Å². The first-order chi connectivity index (χ1) is 14.2. The molecule has 162 valence electrons. The Labute approximate surface area is 176 Å². The maximum absolute atomic E-state index is 12.3. The number of anilines is 2. The van der Waals surface area contributed by atoms with Crippen molar-refractivity contribution in [1.29, 1.82) is 0 Å². The molecule has 1 aliphatic rings. The van der Waals surface area contributed by atoms with E-state index in [-0.39, 0.29) is 31.8 Å². The molecule has 1 amide bonds. The number of sulfonamides is 1. The minimum atomic E-state index is -3.52. The fourth-order valence-electron chi connectivity index (χ4n) is 3.05. The van der Waals surface area contributed by atoms with Crippen LogP contribution in [0.15, 0.2) is 42.5 Å². The van der Waals surface area contributed by atoms with E-state index < -0.39 is 10.0 Å². The van der Waals surface area contributed by atoms with Crippen molar-refractivity contribution >= 4 is 27.3 Å². The molecule has 0 atom stereocenters. The molecule has 8 nitrogen and oxygen atoms in total. The summed E-state index contributed by atoms with van der Waals surface area (Å²) < 4.78 is 42.0. The summed E-state index contributed by atoms with van der Waals surface area (Å²) in [6.07, 6.45) is 1.70. The van der Waals surface area contributed by atoms with Gasteiger partial charge in [0, 0.05) is 30.8 Å². The molecule has 1 aliphatic heterocycles. The Morgan fingerprint density at radius 1 is 1.17 bits per heavy atom. The van der Waals surface area contributed by atoms with Gasteiger partial charge in [0.15, 0.2) is 11.5 Å². The van der Waals surface area contributed by atoms with Crippen LogP contribution in [0.3, 0.4) is 0 Å². The zero-order chi connectivity index (χ0) is 21.7. The van der Waals surface area contributed by atoms with Crippen molar-refractivity contribution in [2.24, 2.45) is 0 Å². The number of benzene rings is 2. The molecule has 30 heavy (non-hydrogen) atoms. The first-order valence-electron chi connectivity index (χ1n) is 9.66. The highest BCUT2D eigenvalue weighted by Crippen LogP contribution is 2.36. The minimum Gasteiger partial charge on any atom is -0.491 e. The van der Waals surface area contributed by atoms with Crippen LogP contribution in [0.4, 0.5) is 11.4 Å². The second kappa shape index (κ2) is 9.25. The number of fused-ring (bicyclic) bond motifs is 1. The lowest BCUT2D eigenvalue weighted by atomic mass is 10.2. The van der Waals surface area contributed by atoms with Gasteiger partial charge in [-0.1, -0.05) is 6.07 Å². The summed E-state index contributed by atoms with van der Waals surface area (Å²) in [6.45, 7) is 4.14. The first kappa shape index (κ1) is 21.8. The molecule has 0 unspecified atom stereocenters. The molecule has 9 heteroatoms. The molecule has 0 aromatic heterocycles. The molecule has 0 fully saturated rings. The molecule has 1 heterocycles. The van der Waals surface area contributed by atoms with E-state index in [0.29, 0.717) is 35.0 Å². The fourth-order valence-corrected chi connectivity index (χ4v) is 4.01. The number of carbonyl (C=O) groups excluding carboxylic acids is 1. The van der Waals surface area contributed by atoms with Crippen LogP contribution in [-0.2, 0) is 14.8 Å². The molecule has 3 rings (SSSR count). The van der Waals surface area contributed by atoms with Gasteiger partial charge in [0.2, 0.25) is 22.7 Å². The molecule has 0 spiro atoms. The van der Waals surface area contributed by atoms with Gasteiger partial charge < -0.3 is 19.5 Å². The molecule has 0 bridgehead atoms. The van der Waals surface area contributed by atoms with Crippen molar-refractivity contribution in [3.8, 4) is 17.2 Å². The number of hydrogen-bond acceptors (Lipinski definition) is 6. The van der Waals surface area contributed by atoms with Gasteiger partial charge in [-0.2, -0.15) is 0 Å². The van der Waals surface area contributed by atoms with E-state index in [4.69, 9.17) is 14.2 Å². The third-order valence-corrected chi connectivity index (χ3v) is 5.49. The highest BCUT2D eigenvalue weighted by Gasteiger charge is 2.21. The summed E-state index contributed by atoms with van der Waals surface area (Å²) in [5.41, 5.74) is 1.11. The molecule has 0 saturated heterocycles. The standard InChI is InChI=1S/C21H26N2O6S/c1-15(2)29-18-7-4-6-16(12-18)22-21(24)8-5-11-23(30(3,25)26)17-9-10-19-20(13-17)28-14-27-19/h4,6-7,9-10,12-13,15H,5,8,11,14H2,1-3H3,(H,22,24). The smallest absolute Gasteiger partial charge is 0.232 e. The summed E-state index contributed by atoms with van der Waals surface area (Å²) >= 11 is 0. The van der Waals surface area contributed by atoms with Crippen molar-refractivity contribution in [3.63, 3.8) is 0 Å². The summed E-state index contributed by atoms with van der Waals surface area (Å²) in [5, 5.41) is 2.82. The monoisotopic (exact) mass is 434 g/mol. The summed E-state index contributed by atoms with van der Waals surface area (Å²) in [6, 6.07) is 12.1. The van der Waals surface area contributed by atoms with Gasteiger partial charge >= 0.3 is 0 Å². The van der Waals surface area contributed by atoms with Gasteiger partial charge in [0.05, 0.1) is 18.0 Å². The van der Waals surface area contributed by atoms with Gasteiger partial charge in [0.1, 0.15) is 5.75 Å². The highest BCUT2D eigenvalue weighted by molar-refractivity contribution is 7.92. The van der Waals surface area contributed by atoms with Gasteiger partial charge in [0.25, 0.3) is 0 Å². The predicted octanol–water partition coefficient (Wildman–Crippen LogP) is 3.39. The summed E-state index contributed by atoms with van der Waals surface area (Å²) in [4.78, 5) is 12.3. The number of carbonyl (C=O) groups is 1. The molecular weight excluding hydrogens is 408 g/mol. The Kier molecular flexibility index (Phi) is 6.71. The van der Waals surface area contributed by atoms with Crippen molar-refractivity contribution in [3.05, 3.63) is 42.5 Å². The van der Waals surface area contributed by atoms with Crippen LogP contribution in [0.25, 0.3) is 0 Å². The van der Waals surface area contributed by atoms with Gasteiger partial charge in [-0.05, 0) is 44.5 Å². The molecule has 2 aromatic rings. The van der Waals surface area contributed by atoms with Crippen molar-refractivity contribution in [2.75, 3.05) is 29.2 Å². The molecule has 2 aromatic carbocycles. The summed E-state index contributed by atoms with van der Waals surface area (Å²) in [5.74, 6) is 1.56. The number of nitrogens with one attached hydrogen (secondary N) is 1. The van der Waals surface area contributed by atoms with E-state index >= 15 is 0 Å². The highest BCUT2D eigenvalue weighted by atomic mass is 32.2. The lowest BCUT2D eigenvalue weighted by Gasteiger charge is -2.22. The molecule has 1 N–H and O–H groups in total. The Hall–Kier alpha value is -2.94. The van der Waals surface area contributed by atoms with E-state index in [0.717, 1.165) is 6.26 Å². The van der Waals surface area contributed by atoms with Crippen LogP contribution in [-0.4, -0.2) is 40.0 Å². The van der Waals surface area contributed by atoms with Crippen LogP contribution in [0.1, 0.15) is 26.7 Å². The fraction of sp³-hybridized carbons (Fsp3) is 0.381. The summed E-state index contributed by atoms with van der Waals surface area (Å²) in [7, 11) is -3.52. The van der Waals surface area contributed by atoms with Gasteiger partial charge in [-0.25, -0.2) is 8.42 Å². The van der Waals surface area contributed by atoms with E-state index in [1.807, 2.05) is 19.9 Å². The Balaban J connectivity index is 1.58. The topological polar surface area (TPSA) is 94.2 Å². The van der Waals surface area contributed by atoms with E-state index in [2.05, 4.69) is 5.32 Å². The van der Waals surface area contributed by atoms with Crippen LogP contribution in [0.5, 0.6) is 17.2 Å². The largest absolute Gasteiger partial charge is 0.491 e. The third-order valence-electron chi connectivity index (χ3n) is 4.30. The second-order valence-corrected chi connectivity index (χ2v) is 9.13. The van der Waals surface area contributed by atoms with E-state index in [1.54, 1.807) is 36.4 Å². The normalized spacial score (nSPS) is 12.7. The van der Waals surface area contributed by atoms with Crippen molar-refractivity contribution in [2.45, 2.75) is 32.8 Å². The molecule has 0 radical (unpaired) electrons. The lowest BCUT2D eigenvalue weighted by molar-refractivity contribution is -0.116. The van der Waals surface area contributed by atoms with E-state index in [9.17, 15) is 13.2 Å².